The zero-order valence-corrected chi connectivity index (χ0v) is 16.1. The smallest absolute Gasteiger partial charge is 0.139 e. The molecule has 2 aromatic carbocycles. The maximum Gasteiger partial charge on any atom is 0.139 e. The summed E-state index contributed by atoms with van der Waals surface area (Å²) in [5, 5.41) is 15.0. The maximum absolute atomic E-state index is 13.2. The molecule has 0 spiro atoms. The third kappa shape index (κ3) is 4.85. The number of hydrogen-bond acceptors (Lipinski definition) is 3. The molecule has 28 heavy (non-hydrogen) atoms. The number of nitrogens with one attached hydrogen (secondary N) is 2. The van der Waals surface area contributed by atoms with E-state index in [1.807, 2.05) is 48.5 Å². The molecule has 2 atom stereocenters. The molecule has 1 aliphatic carbocycles. The Hall–Kier alpha value is -2.95. The molecular weight excluding hydrogens is 348 g/mol. The maximum atomic E-state index is 13.2. The van der Waals surface area contributed by atoms with Crippen molar-refractivity contribution in [1.29, 1.82) is 10.8 Å². The number of rotatable bonds is 6. The van der Waals surface area contributed by atoms with Crippen LogP contribution in [0.25, 0.3) is 0 Å². The van der Waals surface area contributed by atoms with Crippen LogP contribution in [0, 0.1) is 22.7 Å². The predicted molar refractivity (Wildman–Crippen MR) is 113 cm³/mol. The van der Waals surface area contributed by atoms with E-state index in [0.717, 1.165) is 49.7 Å². The van der Waals surface area contributed by atoms with Gasteiger partial charge in [-0.1, -0.05) is 61.4 Å². The summed E-state index contributed by atoms with van der Waals surface area (Å²) < 4.78 is 0. The fraction of sp³-hybridized carbons (Fsp3) is 0.348. The van der Waals surface area contributed by atoms with Gasteiger partial charge >= 0.3 is 0 Å². The van der Waals surface area contributed by atoms with Gasteiger partial charge in [0, 0.05) is 23.0 Å². The van der Waals surface area contributed by atoms with Crippen molar-refractivity contribution in [1.82, 2.24) is 0 Å². The SMILES string of the molecule is N=C(N)c1ccc(C[C@@H]2CCCC[C@@H](Cc3ccc(C(=N)N)cc3)C2=O)cc1. The summed E-state index contributed by atoms with van der Waals surface area (Å²) in [6, 6.07) is 15.3. The molecule has 1 saturated carbocycles. The van der Waals surface area contributed by atoms with E-state index < -0.39 is 0 Å². The van der Waals surface area contributed by atoms with Crippen LogP contribution in [0.15, 0.2) is 48.5 Å². The number of ketones is 1. The van der Waals surface area contributed by atoms with Gasteiger partial charge in [-0.2, -0.15) is 0 Å². The summed E-state index contributed by atoms with van der Waals surface area (Å²) in [6.07, 6.45) is 5.54. The van der Waals surface area contributed by atoms with Crippen molar-refractivity contribution in [3.63, 3.8) is 0 Å². The van der Waals surface area contributed by atoms with Crippen molar-refractivity contribution in [2.75, 3.05) is 0 Å². The molecule has 0 aromatic heterocycles. The van der Waals surface area contributed by atoms with Gasteiger partial charge in [-0.15, -0.1) is 0 Å². The Labute approximate surface area is 166 Å². The molecule has 0 amide bonds. The quantitative estimate of drug-likeness (QED) is 0.351. The van der Waals surface area contributed by atoms with Crippen LogP contribution in [-0.2, 0) is 17.6 Å². The molecule has 0 unspecified atom stereocenters. The largest absolute Gasteiger partial charge is 0.384 e. The first kappa shape index (κ1) is 19.8. The highest BCUT2D eigenvalue weighted by molar-refractivity contribution is 5.95. The second kappa shape index (κ2) is 8.83. The monoisotopic (exact) mass is 376 g/mol. The van der Waals surface area contributed by atoms with Crippen molar-refractivity contribution in [2.24, 2.45) is 23.3 Å². The third-order valence-electron chi connectivity index (χ3n) is 5.65. The van der Waals surface area contributed by atoms with E-state index in [2.05, 4.69) is 0 Å². The minimum absolute atomic E-state index is 0.0483. The first-order chi connectivity index (χ1) is 13.4. The molecule has 0 bridgehead atoms. The second-order valence-electron chi connectivity index (χ2n) is 7.71. The van der Waals surface area contributed by atoms with Gasteiger partial charge in [0.25, 0.3) is 0 Å². The summed E-state index contributed by atoms with van der Waals surface area (Å²) in [7, 11) is 0. The number of carbonyl (C=O) groups is 1. The van der Waals surface area contributed by atoms with Crippen LogP contribution in [0.4, 0.5) is 0 Å². The van der Waals surface area contributed by atoms with Gasteiger partial charge in [-0.05, 0) is 36.8 Å². The number of nitrogens with two attached hydrogens (primary N) is 2. The zero-order valence-electron chi connectivity index (χ0n) is 16.1. The third-order valence-corrected chi connectivity index (χ3v) is 5.65. The van der Waals surface area contributed by atoms with E-state index in [0.29, 0.717) is 16.9 Å². The van der Waals surface area contributed by atoms with Crippen molar-refractivity contribution in [3.8, 4) is 0 Å². The molecule has 1 aliphatic rings. The van der Waals surface area contributed by atoms with Crippen molar-refractivity contribution in [2.45, 2.75) is 38.5 Å². The number of Topliss-reactive ketones (excluding diaryl/α,β-unsaturated/α-hetero) is 1. The lowest BCUT2D eigenvalue weighted by atomic mass is 9.83. The molecule has 5 heteroatoms. The highest BCUT2D eigenvalue weighted by Crippen LogP contribution is 2.29. The lowest BCUT2D eigenvalue weighted by Gasteiger charge is -2.19. The van der Waals surface area contributed by atoms with Crippen molar-refractivity contribution in [3.05, 3.63) is 70.8 Å². The van der Waals surface area contributed by atoms with E-state index in [-0.39, 0.29) is 23.5 Å². The Bertz CT molecular complexity index is 784. The molecule has 3 rings (SSSR count). The van der Waals surface area contributed by atoms with E-state index in [1.54, 1.807) is 0 Å². The Balaban J connectivity index is 1.68. The standard InChI is InChI=1S/C23H28N4O/c24-22(25)17-9-5-15(6-10-17)13-19-3-1-2-4-20(21(19)28)14-16-7-11-18(12-8-16)23(26)27/h5-12,19-20H,1-4,13-14H2,(H3,24,25)(H3,26,27)/t19-,20-/m0/s1. The van der Waals surface area contributed by atoms with E-state index in [1.165, 1.54) is 0 Å². The molecule has 6 N–H and O–H groups in total. The van der Waals surface area contributed by atoms with Crippen molar-refractivity contribution >= 4 is 17.5 Å². The summed E-state index contributed by atoms with van der Waals surface area (Å²) in [4.78, 5) is 13.2. The van der Waals surface area contributed by atoms with Gasteiger partial charge in [0.2, 0.25) is 0 Å². The Morgan fingerprint density at radius 2 is 1.11 bits per heavy atom. The first-order valence-electron chi connectivity index (χ1n) is 9.84. The minimum atomic E-state index is 0.0483. The molecule has 5 nitrogen and oxygen atoms in total. The number of amidine groups is 2. The predicted octanol–water partition coefficient (Wildman–Crippen LogP) is 3.42. The van der Waals surface area contributed by atoms with Gasteiger partial charge in [0.15, 0.2) is 0 Å². The topological polar surface area (TPSA) is 117 Å². The lowest BCUT2D eigenvalue weighted by molar-refractivity contribution is -0.126. The summed E-state index contributed by atoms with van der Waals surface area (Å²) >= 11 is 0. The average Bonchev–Trinajstić information content (AvgIpc) is 2.85. The Kier molecular flexibility index (Phi) is 6.24. The van der Waals surface area contributed by atoms with Gasteiger partial charge in [0.1, 0.15) is 17.5 Å². The average molecular weight is 377 g/mol. The van der Waals surface area contributed by atoms with Crippen LogP contribution < -0.4 is 11.5 Å². The fourth-order valence-electron chi connectivity index (χ4n) is 4.01. The van der Waals surface area contributed by atoms with Crippen LogP contribution in [0.2, 0.25) is 0 Å². The summed E-state index contributed by atoms with van der Waals surface area (Å²) in [5.74, 6) is 0.587. The highest BCUT2D eigenvalue weighted by atomic mass is 16.1. The van der Waals surface area contributed by atoms with Crippen LogP contribution in [0.3, 0.4) is 0 Å². The van der Waals surface area contributed by atoms with Gasteiger partial charge in [-0.3, -0.25) is 15.6 Å². The van der Waals surface area contributed by atoms with Crippen LogP contribution in [0.1, 0.15) is 47.9 Å². The van der Waals surface area contributed by atoms with E-state index >= 15 is 0 Å². The van der Waals surface area contributed by atoms with Crippen LogP contribution in [0.5, 0.6) is 0 Å². The number of benzene rings is 2. The van der Waals surface area contributed by atoms with Gasteiger partial charge < -0.3 is 11.5 Å². The Morgan fingerprint density at radius 3 is 1.43 bits per heavy atom. The van der Waals surface area contributed by atoms with E-state index in [9.17, 15) is 4.79 Å². The highest BCUT2D eigenvalue weighted by Gasteiger charge is 2.29. The summed E-state index contributed by atoms with van der Waals surface area (Å²) in [6.45, 7) is 0. The van der Waals surface area contributed by atoms with E-state index in [4.69, 9.17) is 22.3 Å². The fourth-order valence-corrected chi connectivity index (χ4v) is 4.01. The molecule has 0 radical (unpaired) electrons. The molecule has 146 valence electrons. The normalized spacial score (nSPS) is 19.8. The Morgan fingerprint density at radius 1 is 0.750 bits per heavy atom. The minimum Gasteiger partial charge on any atom is -0.384 e. The molecule has 1 fully saturated rings. The van der Waals surface area contributed by atoms with Crippen LogP contribution in [-0.4, -0.2) is 17.5 Å². The zero-order chi connectivity index (χ0) is 20.1. The van der Waals surface area contributed by atoms with Gasteiger partial charge in [0.05, 0.1) is 0 Å². The number of hydrogen-bond donors (Lipinski definition) is 4. The molecule has 0 aliphatic heterocycles. The molecule has 0 saturated heterocycles. The lowest BCUT2D eigenvalue weighted by Crippen LogP contribution is -2.25. The number of carbonyl (C=O) groups excluding carboxylic acids is 1. The second-order valence-corrected chi connectivity index (χ2v) is 7.71. The van der Waals surface area contributed by atoms with Gasteiger partial charge in [-0.25, -0.2) is 0 Å². The number of nitrogen functional groups attached to an aromatic ring is 2. The summed E-state index contributed by atoms with van der Waals surface area (Å²) in [5.41, 5.74) is 14.7. The molecule has 0 heterocycles. The molecule has 2 aromatic rings. The first-order valence-corrected chi connectivity index (χ1v) is 9.84. The molecular formula is C23H28N4O. The van der Waals surface area contributed by atoms with Crippen molar-refractivity contribution < 1.29 is 4.79 Å². The van der Waals surface area contributed by atoms with Crippen LogP contribution >= 0.6 is 0 Å².